The van der Waals surface area contributed by atoms with E-state index < -0.39 is 27.2 Å². The number of hydrogen-bond acceptors (Lipinski definition) is 7. The summed E-state index contributed by atoms with van der Waals surface area (Å²) in [5.41, 5.74) is 0.0696. The lowest BCUT2D eigenvalue weighted by molar-refractivity contribution is -0.385. The fraction of sp³-hybridized carbons (Fsp3) is 0. The molecule has 2 rings (SSSR count). The van der Waals surface area contributed by atoms with Gasteiger partial charge in [0, 0.05) is 18.2 Å². The number of aromatic nitrogens is 1. The molecule has 0 aliphatic rings. The quantitative estimate of drug-likeness (QED) is 0.485. The van der Waals surface area contributed by atoms with E-state index in [0.717, 1.165) is 18.3 Å². The summed E-state index contributed by atoms with van der Waals surface area (Å²) in [7, 11) is 0. The van der Waals surface area contributed by atoms with Crippen LogP contribution in [0.4, 0.5) is 17.2 Å². The lowest BCUT2D eigenvalue weighted by atomic mass is 10.2. The van der Waals surface area contributed by atoms with E-state index in [9.17, 15) is 30.1 Å². The Kier molecular flexibility index (Phi) is 4.80. The molecule has 1 amide bonds. The number of anilines is 1. The molecule has 0 spiro atoms. The largest absolute Gasteiger partial charge is 0.504 e. The Morgan fingerprint density at radius 2 is 1.75 bits per heavy atom. The maximum absolute atomic E-state index is 11.7. The normalized spacial score (nSPS) is 10.5. The summed E-state index contributed by atoms with van der Waals surface area (Å²) >= 11 is 0. The smallest absolute Gasteiger partial charge is 0.291 e. The molecule has 10 heteroatoms. The lowest BCUT2D eigenvalue weighted by Crippen LogP contribution is -2.09. The zero-order valence-corrected chi connectivity index (χ0v) is 11.9. The van der Waals surface area contributed by atoms with Crippen LogP contribution in [0.2, 0.25) is 0 Å². The third kappa shape index (κ3) is 4.10. The topological polar surface area (TPSA) is 148 Å². The van der Waals surface area contributed by atoms with E-state index in [2.05, 4.69) is 10.3 Å². The summed E-state index contributed by atoms with van der Waals surface area (Å²) in [4.78, 5) is 35.1. The van der Waals surface area contributed by atoms with Crippen molar-refractivity contribution in [1.82, 2.24) is 4.98 Å². The fourth-order valence-corrected chi connectivity index (χ4v) is 1.68. The number of nitrogens with one attached hydrogen (secondary N) is 1. The number of carbonyl (C=O) groups is 1. The third-order valence-electron chi connectivity index (χ3n) is 2.84. The van der Waals surface area contributed by atoms with Gasteiger partial charge in [0.2, 0.25) is 5.91 Å². The van der Waals surface area contributed by atoms with E-state index in [1.54, 1.807) is 0 Å². The molecule has 0 aliphatic carbocycles. The Labute approximate surface area is 134 Å². The maximum Gasteiger partial charge on any atom is 0.291 e. The number of nitro groups is 2. The van der Waals surface area contributed by atoms with Crippen molar-refractivity contribution in [3.63, 3.8) is 0 Å². The van der Waals surface area contributed by atoms with E-state index in [1.807, 2.05) is 0 Å². The molecule has 0 fully saturated rings. The number of hydrogen-bond donors (Lipinski definition) is 2. The van der Waals surface area contributed by atoms with Crippen molar-refractivity contribution in [3.8, 4) is 5.75 Å². The fourth-order valence-electron chi connectivity index (χ4n) is 1.68. The predicted molar refractivity (Wildman–Crippen MR) is 83.3 cm³/mol. The summed E-state index contributed by atoms with van der Waals surface area (Å²) in [5.74, 6) is -1.40. The van der Waals surface area contributed by atoms with Crippen molar-refractivity contribution < 1.29 is 19.7 Å². The first-order valence-corrected chi connectivity index (χ1v) is 6.44. The van der Waals surface area contributed by atoms with E-state index >= 15 is 0 Å². The minimum absolute atomic E-state index is 0.0726. The van der Waals surface area contributed by atoms with Gasteiger partial charge in [-0.2, -0.15) is 0 Å². The second kappa shape index (κ2) is 6.96. The first-order valence-electron chi connectivity index (χ1n) is 6.44. The molecule has 0 saturated carbocycles. The van der Waals surface area contributed by atoms with Gasteiger partial charge >= 0.3 is 0 Å². The van der Waals surface area contributed by atoms with Gasteiger partial charge in [-0.05, 0) is 23.8 Å². The highest BCUT2D eigenvalue weighted by Gasteiger charge is 2.12. The van der Waals surface area contributed by atoms with Crippen molar-refractivity contribution in [3.05, 3.63) is 68.4 Å². The molecular formula is C14H10N4O6. The van der Waals surface area contributed by atoms with Gasteiger partial charge in [0.05, 0.1) is 15.9 Å². The number of aromatic hydroxyl groups is 1. The molecule has 0 aliphatic heterocycles. The van der Waals surface area contributed by atoms with E-state index in [4.69, 9.17) is 0 Å². The molecule has 2 aromatic rings. The van der Waals surface area contributed by atoms with Crippen LogP contribution in [-0.4, -0.2) is 25.8 Å². The minimum atomic E-state index is -0.729. The van der Waals surface area contributed by atoms with Crippen LogP contribution in [0.1, 0.15) is 5.56 Å². The van der Waals surface area contributed by atoms with Crippen LogP contribution in [0.15, 0.2) is 42.6 Å². The van der Waals surface area contributed by atoms with Crippen molar-refractivity contribution >= 4 is 29.2 Å². The highest BCUT2D eigenvalue weighted by molar-refractivity contribution is 6.02. The summed E-state index contributed by atoms with van der Waals surface area (Å²) in [6.45, 7) is 0. The molecule has 0 saturated heterocycles. The number of pyridine rings is 1. The maximum atomic E-state index is 11.7. The predicted octanol–water partition coefficient (Wildman–Crippen LogP) is 2.26. The molecule has 24 heavy (non-hydrogen) atoms. The first kappa shape index (κ1) is 16.5. The summed E-state index contributed by atoms with van der Waals surface area (Å²) in [6.07, 6.45) is 3.43. The van der Waals surface area contributed by atoms with Crippen LogP contribution in [0.25, 0.3) is 6.08 Å². The Bertz CT molecular complexity index is 832. The van der Waals surface area contributed by atoms with Crippen LogP contribution in [-0.2, 0) is 4.79 Å². The average molecular weight is 330 g/mol. The van der Waals surface area contributed by atoms with Gasteiger partial charge < -0.3 is 10.4 Å². The number of carbonyl (C=O) groups excluding carboxylic acids is 1. The Balaban J connectivity index is 2.05. The first-order chi connectivity index (χ1) is 11.4. The van der Waals surface area contributed by atoms with Gasteiger partial charge in [0.15, 0.2) is 11.6 Å². The molecule has 1 aromatic carbocycles. The second-order valence-corrected chi connectivity index (χ2v) is 4.49. The number of non-ortho nitro benzene ring substituents is 1. The van der Waals surface area contributed by atoms with Gasteiger partial charge in [-0.25, -0.2) is 4.98 Å². The monoisotopic (exact) mass is 330 g/mol. The van der Waals surface area contributed by atoms with E-state index in [-0.39, 0.29) is 11.5 Å². The molecule has 1 heterocycles. The SMILES string of the molecule is O=C(/C=C/c1ccc([N+](=O)[O-])cc1)Nc1ncc([N+](=O)[O-])cc1O. The summed E-state index contributed by atoms with van der Waals surface area (Å²) in [6, 6.07) is 6.37. The Morgan fingerprint density at radius 3 is 2.29 bits per heavy atom. The zero-order valence-electron chi connectivity index (χ0n) is 11.9. The van der Waals surface area contributed by atoms with Crippen molar-refractivity contribution in [2.45, 2.75) is 0 Å². The van der Waals surface area contributed by atoms with Crippen LogP contribution >= 0.6 is 0 Å². The van der Waals surface area contributed by atoms with E-state index in [1.165, 1.54) is 30.3 Å². The van der Waals surface area contributed by atoms with Gasteiger partial charge in [-0.15, -0.1) is 0 Å². The summed E-state index contributed by atoms with van der Waals surface area (Å²) in [5, 5.41) is 32.9. The molecule has 1 aromatic heterocycles. The molecule has 0 bridgehead atoms. The number of amides is 1. The molecule has 10 nitrogen and oxygen atoms in total. The number of nitro benzene ring substituents is 1. The zero-order chi connectivity index (χ0) is 17.7. The molecule has 2 N–H and O–H groups in total. The molecule has 122 valence electrons. The molecule has 0 atom stereocenters. The number of nitrogens with zero attached hydrogens (tertiary/aromatic N) is 3. The molecular weight excluding hydrogens is 320 g/mol. The average Bonchev–Trinajstić information content (AvgIpc) is 2.55. The highest BCUT2D eigenvalue weighted by Crippen LogP contribution is 2.24. The van der Waals surface area contributed by atoms with Gasteiger partial charge in [0.1, 0.15) is 6.20 Å². The van der Waals surface area contributed by atoms with Gasteiger partial charge in [0.25, 0.3) is 11.4 Å². The Morgan fingerprint density at radius 1 is 1.12 bits per heavy atom. The van der Waals surface area contributed by atoms with Crippen molar-refractivity contribution in [2.75, 3.05) is 5.32 Å². The number of rotatable bonds is 5. The Hall–Kier alpha value is -3.82. The van der Waals surface area contributed by atoms with Crippen LogP contribution in [0, 0.1) is 20.2 Å². The summed E-state index contributed by atoms with van der Waals surface area (Å²) < 4.78 is 0. The second-order valence-electron chi connectivity index (χ2n) is 4.49. The van der Waals surface area contributed by atoms with Gasteiger partial charge in [-0.3, -0.25) is 25.0 Å². The van der Waals surface area contributed by atoms with Gasteiger partial charge in [-0.1, -0.05) is 0 Å². The van der Waals surface area contributed by atoms with Crippen molar-refractivity contribution in [2.24, 2.45) is 0 Å². The highest BCUT2D eigenvalue weighted by atomic mass is 16.6. The standard InChI is InChI=1S/C14H10N4O6/c19-12-7-11(18(23)24)8-15-14(12)16-13(20)6-3-9-1-4-10(5-2-9)17(21)22/h1-8,19H,(H,15,16,20)/b6-3+. The minimum Gasteiger partial charge on any atom is -0.504 e. The van der Waals surface area contributed by atoms with Crippen LogP contribution < -0.4 is 5.32 Å². The molecule has 0 unspecified atom stereocenters. The van der Waals surface area contributed by atoms with Crippen LogP contribution in [0.3, 0.4) is 0 Å². The number of benzene rings is 1. The van der Waals surface area contributed by atoms with E-state index in [0.29, 0.717) is 5.56 Å². The van der Waals surface area contributed by atoms with Crippen molar-refractivity contribution in [1.29, 1.82) is 0 Å². The lowest BCUT2D eigenvalue weighted by Gasteiger charge is -2.03. The third-order valence-corrected chi connectivity index (χ3v) is 2.84. The molecule has 0 radical (unpaired) electrons. The van der Waals surface area contributed by atoms with Crippen LogP contribution in [0.5, 0.6) is 5.75 Å².